The molecule has 0 spiro atoms. The second kappa shape index (κ2) is 8.50. The zero-order valence-electron chi connectivity index (χ0n) is 12.2. The Morgan fingerprint density at radius 1 is 1.25 bits per heavy atom. The highest BCUT2D eigenvalue weighted by atomic mass is 35.5. The SMILES string of the molecule is Cc1ccc(Cl)c(OCCOCCC2CCCCN2)c1. The highest BCUT2D eigenvalue weighted by Gasteiger charge is 2.11. The van der Waals surface area contributed by atoms with Crippen molar-refractivity contribution in [2.75, 3.05) is 26.4 Å². The van der Waals surface area contributed by atoms with Crippen LogP contribution in [0.1, 0.15) is 31.2 Å². The number of halogens is 1. The molecule has 1 unspecified atom stereocenters. The van der Waals surface area contributed by atoms with Gasteiger partial charge in [0.2, 0.25) is 0 Å². The molecule has 1 aliphatic heterocycles. The van der Waals surface area contributed by atoms with Gasteiger partial charge in [-0.2, -0.15) is 0 Å². The van der Waals surface area contributed by atoms with Crippen molar-refractivity contribution in [2.45, 2.75) is 38.6 Å². The zero-order valence-corrected chi connectivity index (χ0v) is 12.9. The molecule has 112 valence electrons. The van der Waals surface area contributed by atoms with Gasteiger partial charge in [0.05, 0.1) is 11.6 Å². The summed E-state index contributed by atoms with van der Waals surface area (Å²) in [6, 6.07) is 6.43. The van der Waals surface area contributed by atoms with Crippen LogP contribution in [0, 0.1) is 6.92 Å². The third-order valence-electron chi connectivity index (χ3n) is 3.59. The molecule has 0 amide bonds. The van der Waals surface area contributed by atoms with Crippen LogP contribution in [0.3, 0.4) is 0 Å². The molecule has 1 saturated heterocycles. The van der Waals surface area contributed by atoms with Gasteiger partial charge in [0.15, 0.2) is 0 Å². The van der Waals surface area contributed by atoms with Gasteiger partial charge >= 0.3 is 0 Å². The van der Waals surface area contributed by atoms with Crippen molar-refractivity contribution in [3.63, 3.8) is 0 Å². The molecule has 1 aromatic carbocycles. The van der Waals surface area contributed by atoms with E-state index in [-0.39, 0.29) is 0 Å². The average Bonchev–Trinajstić information content (AvgIpc) is 2.47. The minimum Gasteiger partial charge on any atom is -0.490 e. The number of piperidine rings is 1. The predicted molar refractivity (Wildman–Crippen MR) is 82.8 cm³/mol. The molecule has 0 bridgehead atoms. The van der Waals surface area contributed by atoms with E-state index in [9.17, 15) is 0 Å². The Labute approximate surface area is 126 Å². The van der Waals surface area contributed by atoms with Crippen LogP contribution in [-0.4, -0.2) is 32.4 Å². The molecule has 1 heterocycles. The Kier molecular flexibility index (Phi) is 6.64. The zero-order chi connectivity index (χ0) is 14.2. The van der Waals surface area contributed by atoms with Gasteiger partial charge in [-0.05, 0) is 50.4 Å². The van der Waals surface area contributed by atoms with Crippen LogP contribution >= 0.6 is 11.6 Å². The summed E-state index contributed by atoms with van der Waals surface area (Å²) in [7, 11) is 0. The van der Waals surface area contributed by atoms with Gasteiger partial charge in [-0.3, -0.25) is 0 Å². The molecule has 3 nitrogen and oxygen atoms in total. The van der Waals surface area contributed by atoms with E-state index >= 15 is 0 Å². The molecule has 20 heavy (non-hydrogen) atoms. The molecule has 1 fully saturated rings. The largest absolute Gasteiger partial charge is 0.490 e. The van der Waals surface area contributed by atoms with E-state index < -0.39 is 0 Å². The van der Waals surface area contributed by atoms with Crippen LogP contribution in [0.2, 0.25) is 5.02 Å². The predicted octanol–water partition coefficient (Wildman–Crippen LogP) is 3.58. The maximum Gasteiger partial charge on any atom is 0.138 e. The highest BCUT2D eigenvalue weighted by molar-refractivity contribution is 6.32. The summed E-state index contributed by atoms with van der Waals surface area (Å²) in [5.41, 5.74) is 1.15. The molecule has 1 aromatic rings. The van der Waals surface area contributed by atoms with Crippen LogP contribution in [0.15, 0.2) is 18.2 Å². The molecule has 1 atom stereocenters. The van der Waals surface area contributed by atoms with Crippen molar-refractivity contribution in [1.82, 2.24) is 5.32 Å². The summed E-state index contributed by atoms with van der Waals surface area (Å²) >= 11 is 6.06. The van der Waals surface area contributed by atoms with Gasteiger partial charge in [0, 0.05) is 12.6 Å². The molecular formula is C16H24ClNO2. The van der Waals surface area contributed by atoms with Crippen LogP contribution in [-0.2, 0) is 4.74 Å². The van der Waals surface area contributed by atoms with Crippen LogP contribution in [0.25, 0.3) is 0 Å². The molecule has 0 aliphatic carbocycles. The summed E-state index contributed by atoms with van der Waals surface area (Å²) < 4.78 is 11.3. The lowest BCUT2D eigenvalue weighted by Crippen LogP contribution is -2.34. The van der Waals surface area contributed by atoms with E-state index in [4.69, 9.17) is 21.1 Å². The summed E-state index contributed by atoms with van der Waals surface area (Å²) in [5, 5.41) is 4.18. The normalized spacial score (nSPS) is 19.0. The topological polar surface area (TPSA) is 30.5 Å². The third kappa shape index (κ3) is 5.31. The van der Waals surface area contributed by atoms with Gasteiger partial charge in [-0.15, -0.1) is 0 Å². The number of rotatable bonds is 7. The maximum atomic E-state index is 6.06. The number of nitrogens with one attached hydrogen (secondary N) is 1. The number of aryl methyl sites for hydroxylation is 1. The van der Waals surface area contributed by atoms with Crippen LogP contribution in [0.4, 0.5) is 0 Å². The Balaban J connectivity index is 1.56. The summed E-state index contributed by atoms with van der Waals surface area (Å²) in [5.74, 6) is 0.740. The van der Waals surface area contributed by atoms with E-state index in [0.29, 0.717) is 24.3 Å². The summed E-state index contributed by atoms with van der Waals surface area (Å²) in [4.78, 5) is 0. The number of ether oxygens (including phenoxy) is 2. The van der Waals surface area contributed by atoms with Gasteiger partial charge in [0.1, 0.15) is 12.4 Å². The first-order chi connectivity index (χ1) is 9.75. The van der Waals surface area contributed by atoms with Crippen molar-refractivity contribution in [3.05, 3.63) is 28.8 Å². The molecule has 1 aliphatic rings. The molecule has 4 heteroatoms. The molecule has 0 radical (unpaired) electrons. The quantitative estimate of drug-likeness (QED) is 0.780. The average molecular weight is 298 g/mol. The van der Waals surface area contributed by atoms with Gasteiger partial charge < -0.3 is 14.8 Å². The summed E-state index contributed by atoms with van der Waals surface area (Å²) in [6.07, 6.45) is 5.01. The lowest BCUT2D eigenvalue weighted by Gasteiger charge is -2.23. The fraction of sp³-hybridized carbons (Fsp3) is 0.625. The second-order valence-corrected chi connectivity index (χ2v) is 5.74. The molecule has 0 saturated carbocycles. The van der Waals surface area contributed by atoms with E-state index in [1.807, 2.05) is 25.1 Å². The number of hydrogen-bond acceptors (Lipinski definition) is 3. The van der Waals surface area contributed by atoms with Crippen molar-refractivity contribution in [1.29, 1.82) is 0 Å². The van der Waals surface area contributed by atoms with E-state index in [1.165, 1.54) is 19.3 Å². The fourth-order valence-corrected chi connectivity index (χ4v) is 2.60. The summed E-state index contributed by atoms with van der Waals surface area (Å²) in [6.45, 7) is 5.12. The van der Waals surface area contributed by atoms with Gasteiger partial charge in [0.25, 0.3) is 0 Å². The van der Waals surface area contributed by atoms with Crippen molar-refractivity contribution in [2.24, 2.45) is 0 Å². The highest BCUT2D eigenvalue weighted by Crippen LogP contribution is 2.25. The van der Waals surface area contributed by atoms with Crippen LogP contribution in [0.5, 0.6) is 5.75 Å². The van der Waals surface area contributed by atoms with E-state index in [1.54, 1.807) is 0 Å². The van der Waals surface area contributed by atoms with E-state index in [0.717, 1.165) is 30.9 Å². The van der Waals surface area contributed by atoms with Crippen molar-refractivity contribution < 1.29 is 9.47 Å². The first-order valence-electron chi connectivity index (χ1n) is 7.46. The Hall–Kier alpha value is -0.770. The molecule has 1 N–H and O–H groups in total. The van der Waals surface area contributed by atoms with Gasteiger partial charge in [-0.1, -0.05) is 24.1 Å². The molecular weight excluding hydrogens is 274 g/mol. The lowest BCUT2D eigenvalue weighted by atomic mass is 10.0. The van der Waals surface area contributed by atoms with E-state index in [2.05, 4.69) is 5.32 Å². The first-order valence-corrected chi connectivity index (χ1v) is 7.83. The van der Waals surface area contributed by atoms with Gasteiger partial charge in [-0.25, -0.2) is 0 Å². The number of hydrogen-bond donors (Lipinski definition) is 1. The Morgan fingerprint density at radius 3 is 2.95 bits per heavy atom. The maximum absolute atomic E-state index is 6.06. The Morgan fingerprint density at radius 2 is 2.15 bits per heavy atom. The van der Waals surface area contributed by atoms with Crippen molar-refractivity contribution in [3.8, 4) is 5.75 Å². The first kappa shape index (κ1) is 15.6. The number of benzene rings is 1. The second-order valence-electron chi connectivity index (χ2n) is 5.33. The molecule has 0 aromatic heterocycles. The molecule has 2 rings (SSSR count). The standard InChI is InChI=1S/C16H24ClNO2/c1-13-5-6-15(17)16(12-13)20-11-10-19-9-7-14-4-2-3-8-18-14/h5-6,12,14,18H,2-4,7-11H2,1H3. The third-order valence-corrected chi connectivity index (χ3v) is 3.91. The fourth-order valence-electron chi connectivity index (χ4n) is 2.43. The monoisotopic (exact) mass is 297 g/mol. The van der Waals surface area contributed by atoms with Crippen molar-refractivity contribution >= 4 is 11.6 Å². The minimum absolute atomic E-state index is 0.543. The minimum atomic E-state index is 0.543. The smallest absolute Gasteiger partial charge is 0.138 e. The Bertz CT molecular complexity index is 405. The lowest BCUT2D eigenvalue weighted by molar-refractivity contribution is 0.0911. The van der Waals surface area contributed by atoms with Crippen LogP contribution < -0.4 is 10.1 Å².